The highest BCUT2D eigenvalue weighted by Gasteiger charge is 1.97. The van der Waals surface area contributed by atoms with Crippen molar-refractivity contribution in [3.05, 3.63) is 28.8 Å². The molecule has 0 heterocycles. The molecule has 13 heavy (non-hydrogen) atoms. The van der Waals surface area contributed by atoms with Crippen LogP contribution >= 0.6 is 11.6 Å². The molecule has 0 saturated carbocycles. The summed E-state index contributed by atoms with van der Waals surface area (Å²) in [7, 11) is 0. The molecule has 0 radical (unpaired) electrons. The van der Waals surface area contributed by atoms with E-state index >= 15 is 0 Å². The molecule has 3 nitrogen and oxygen atoms in total. The average molecular weight is 196 g/mol. The quantitative estimate of drug-likeness (QED) is 0.604. The van der Waals surface area contributed by atoms with E-state index in [1.165, 1.54) is 18.2 Å². The molecule has 1 aromatic rings. The van der Waals surface area contributed by atoms with Gasteiger partial charge in [0.2, 0.25) is 0 Å². The third kappa shape index (κ3) is 2.69. The van der Waals surface area contributed by atoms with Crippen molar-refractivity contribution >= 4 is 17.5 Å². The second-order valence-electron chi connectivity index (χ2n) is 2.28. The highest BCUT2D eigenvalue weighted by atomic mass is 35.5. The average Bonchev–Trinajstić information content (AvgIpc) is 2.06. The fraction of sp³-hybridized carbons (Fsp3) is 0. The maximum atomic E-state index is 10.3. The Morgan fingerprint density at radius 1 is 1.54 bits per heavy atom. The molecule has 0 atom stereocenters. The van der Waals surface area contributed by atoms with Gasteiger partial charge in [-0.05, 0) is 18.2 Å². The highest BCUT2D eigenvalue weighted by molar-refractivity contribution is 6.30. The van der Waals surface area contributed by atoms with Gasteiger partial charge in [0.1, 0.15) is 5.75 Å². The Morgan fingerprint density at radius 2 is 2.23 bits per heavy atom. The molecule has 0 bridgehead atoms. The van der Waals surface area contributed by atoms with Crippen LogP contribution in [-0.4, -0.2) is 11.0 Å². The number of hydrogen-bond donors (Lipinski definition) is 2. The van der Waals surface area contributed by atoms with E-state index < -0.39 is 5.91 Å². The Bertz CT molecular complexity index is 404. The Kier molecular flexibility index (Phi) is 2.78. The molecule has 0 aliphatic rings. The Hall–Kier alpha value is -1.66. The predicted octanol–water partition coefficient (Wildman–Crippen LogP) is 0.882. The number of phenolic OH excluding ortho intramolecular Hbond substituents is 1. The molecule has 0 spiro atoms. The summed E-state index contributed by atoms with van der Waals surface area (Å²) in [6, 6.07) is 4.37. The molecule has 0 fully saturated rings. The summed E-state index contributed by atoms with van der Waals surface area (Å²) in [5.41, 5.74) is 5.08. The summed E-state index contributed by atoms with van der Waals surface area (Å²) in [6.07, 6.45) is 0. The highest BCUT2D eigenvalue weighted by Crippen LogP contribution is 2.19. The van der Waals surface area contributed by atoms with Crippen LogP contribution < -0.4 is 5.73 Å². The van der Waals surface area contributed by atoms with Gasteiger partial charge in [-0.3, -0.25) is 4.79 Å². The largest absolute Gasteiger partial charge is 0.507 e. The van der Waals surface area contributed by atoms with Crippen molar-refractivity contribution in [3.8, 4) is 17.6 Å². The number of rotatable bonds is 0. The van der Waals surface area contributed by atoms with Crippen LogP contribution in [0, 0.1) is 11.8 Å². The fourth-order valence-electron chi connectivity index (χ4n) is 0.737. The Morgan fingerprint density at radius 3 is 2.85 bits per heavy atom. The van der Waals surface area contributed by atoms with Gasteiger partial charge in [0, 0.05) is 10.9 Å². The summed E-state index contributed by atoms with van der Waals surface area (Å²) >= 11 is 5.64. The van der Waals surface area contributed by atoms with Gasteiger partial charge in [-0.1, -0.05) is 17.5 Å². The molecule has 1 amide bonds. The molecule has 1 aromatic carbocycles. The second kappa shape index (κ2) is 3.83. The minimum absolute atomic E-state index is 0.0295. The SMILES string of the molecule is NC(=O)C#Cc1cc(Cl)ccc1O. The van der Waals surface area contributed by atoms with E-state index in [4.69, 9.17) is 17.3 Å². The lowest BCUT2D eigenvalue weighted by molar-refractivity contribution is -0.112. The summed E-state index contributed by atoms with van der Waals surface area (Å²) in [6.45, 7) is 0. The van der Waals surface area contributed by atoms with E-state index in [1.54, 1.807) is 0 Å². The smallest absolute Gasteiger partial charge is 0.293 e. The van der Waals surface area contributed by atoms with E-state index in [9.17, 15) is 9.90 Å². The van der Waals surface area contributed by atoms with Gasteiger partial charge in [-0.15, -0.1) is 0 Å². The van der Waals surface area contributed by atoms with Crippen molar-refractivity contribution in [1.82, 2.24) is 0 Å². The standard InChI is InChI=1S/C9H6ClNO2/c10-7-2-3-8(12)6(5-7)1-4-9(11)13/h2-3,5,12H,(H2,11,13). The topological polar surface area (TPSA) is 63.3 Å². The van der Waals surface area contributed by atoms with Crippen LogP contribution in [0.15, 0.2) is 18.2 Å². The Balaban J connectivity index is 3.09. The summed E-state index contributed by atoms with van der Waals surface area (Å²) in [4.78, 5) is 10.3. The summed E-state index contributed by atoms with van der Waals surface area (Å²) in [5.74, 6) is 3.71. The third-order valence-electron chi connectivity index (χ3n) is 1.28. The van der Waals surface area contributed by atoms with Crippen molar-refractivity contribution < 1.29 is 9.90 Å². The van der Waals surface area contributed by atoms with Crippen LogP contribution in [0.4, 0.5) is 0 Å². The minimum atomic E-state index is -0.751. The first-order chi connectivity index (χ1) is 6.09. The monoisotopic (exact) mass is 195 g/mol. The number of carbonyl (C=O) groups excluding carboxylic acids is 1. The van der Waals surface area contributed by atoms with Gasteiger partial charge < -0.3 is 10.8 Å². The summed E-state index contributed by atoms with van der Waals surface area (Å²) < 4.78 is 0. The van der Waals surface area contributed by atoms with Crippen molar-refractivity contribution in [1.29, 1.82) is 0 Å². The number of hydrogen-bond acceptors (Lipinski definition) is 2. The van der Waals surface area contributed by atoms with Gasteiger partial charge >= 0.3 is 0 Å². The molecule has 0 aromatic heterocycles. The Labute approximate surface area is 80.1 Å². The zero-order valence-electron chi connectivity index (χ0n) is 6.54. The van der Waals surface area contributed by atoms with Gasteiger partial charge in [-0.25, -0.2) is 0 Å². The van der Waals surface area contributed by atoms with E-state index in [0.717, 1.165) is 0 Å². The van der Waals surface area contributed by atoms with E-state index in [-0.39, 0.29) is 11.3 Å². The number of aromatic hydroxyl groups is 1. The van der Waals surface area contributed by atoms with E-state index in [2.05, 4.69) is 11.8 Å². The lowest BCUT2D eigenvalue weighted by atomic mass is 10.2. The van der Waals surface area contributed by atoms with Gasteiger partial charge in [0.15, 0.2) is 0 Å². The van der Waals surface area contributed by atoms with Crippen LogP contribution in [0.2, 0.25) is 5.02 Å². The van der Waals surface area contributed by atoms with Crippen LogP contribution in [0.5, 0.6) is 5.75 Å². The van der Waals surface area contributed by atoms with E-state index in [0.29, 0.717) is 5.02 Å². The first-order valence-electron chi connectivity index (χ1n) is 3.39. The summed E-state index contributed by atoms with van der Waals surface area (Å²) in [5, 5.41) is 9.67. The van der Waals surface area contributed by atoms with Crippen LogP contribution in [0.25, 0.3) is 0 Å². The number of carbonyl (C=O) groups is 1. The van der Waals surface area contributed by atoms with Crippen molar-refractivity contribution in [2.75, 3.05) is 0 Å². The third-order valence-corrected chi connectivity index (χ3v) is 1.51. The normalized spacial score (nSPS) is 8.69. The van der Waals surface area contributed by atoms with E-state index in [1.807, 2.05) is 0 Å². The van der Waals surface area contributed by atoms with Gasteiger partial charge in [-0.2, -0.15) is 0 Å². The van der Waals surface area contributed by atoms with Crippen LogP contribution in [-0.2, 0) is 4.79 Å². The minimum Gasteiger partial charge on any atom is -0.507 e. The first-order valence-corrected chi connectivity index (χ1v) is 3.77. The maximum absolute atomic E-state index is 10.3. The molecule has 66 valence electrons. The van der Waals surface area contributed by atoms with Crippen molar-refractivity contribution in [3.63, 3.8) is 0 Å². The van der Waals surface area contributed by atoms with Crippen LogP contribution in [0.3, 0.4) is 0 Å². The molecule has 0 saturated heterocycles. The zero-order chi connectivity index (χ0) is 9.84. The number of benzene rings is 1. The number of phenols is 1. The van der Waals surface area contributed by atoms with Crippen molar-refractivity contribution in [2.24, 2.45) is 5.73 Å². The molecule has 4 heteroatoms. The molecular weight excluding hydrogens is 190 g/mol. The molecule has 0 aliphatic carbocycles. The number of nitrogens with two attached hydrogens (primary N) is 1. The number of primary amides is 1. The van der Waals surface area contributed by atoms with Gasteiger partial charge in [0.05, 0.1) is 5.56 Å². The zero-order valence-corrected chi connectivity index (χ0v) is 7.30. The molecule has 3 N–H and O–H groups in total. The molecular formula is C9H6ClNO2. The lowest BCUT2D eigenvalue weighted by Crippen LogP contribution is -2.06. The molecule has 0 aliphatic heterocycles. The number of amides is 1. The predicted molar refractivity (Wildman–Crippen MR) is 49.2 cm³/mol. The lowest BCUT2D eigenvalue weighted by Gasteiger charge is -1.95. The molecule has 1 rings (SSSR count). The number of halogens is 1. The molecule has 0 unspecified atom stereocenters. The maximum Gasteiger partial charge on any atom is 0.293 e. The fourth-order valence-corrected chi connectivity index (χ4v) is 0.909. The second-order valence-corrected chi connectivity index (χ2v) is 2.71. The first kappa shape index (κ1) is 9.43. The van der Waals surface area contributed by atoms with Gasteiger partial charge in [0.25, 0.3) is 5.91 Å². The van der Waals surface area contributed by atoms with Crippen LogP contribution in [0.1, 0.15) is 5.56 Å². The van der Waals surface area contributed by atoms with Crippen molar-refractivity contribution in [2.45, 2.75) is 0 Å².